The van der Waals surface area contributed by atoms with Crippen LogP contribution in [0.1, 0.15) is 39.2 Å². The zero-order chi connectivity index (χ0) is 20.8. The lowest BCUT2D eigenvalue weighted by molar-refractivity contribution is -0.139. The van der Waals surface area contributed by atoms with Crippen LogP contribution in [0.4, 0.5) is 0 Å². The molecule has 0 bridgehead atoms. The van der Waals surface area contributed by atoms with E-state index < -0.39 is 17.9 Å². The molecule has 0 N–H and O–H groups in total. The molecule has 1 heterocycles. The minimum Gasteiger partial charge on any atom is -0.496 e. The number of nitrogens with zero attached hydrogens (tertiary/aromatic N) is 1. The summed E-state index contributed by atoms with van der Waals surface area (Å²) in [5, 5.41) is 0. The molecule has 7 heteroatoms. The van der Waals surface area contributed by atoms with Crippen LogP contribution in [-0.2, 0) is 19.1 Å². The second-order valence-electron chi connectivity index (χ2n) is 6.48. The first kappa shape index (κ1) is 22.0. The van der Waals surface area contributed by atoms with Crippen molar-refractivity contribution in [3.8, 4) is 5.75 Å². The smallest absolute Gasteiger partial charge is 0.336 e. The molecule has 0 fully saturated rings. The van der Waals surface area contributed by atoms with E-state index in [-0.39, 0.29) is 19.3 Å². The molecule has 0 aliphatic carbocycles. The van der Waals surface area contributed by atoms with E-state index >= 15 is 0 Å². The summed E-state index contributed by atoms with van der Waals surface area (Å²) in [4.78, 5) is 27.3. The SMILES string of the molecule is CCOC(=O)C1=CN(C(C)C)C=C(C(=O)OCC)C1c1ccc(OC)c(Br)c1. The quantitative estimate of drug-likeness (QED) is 0.579. The molecule has 0 spiro atoms. The molecule has 0 atom stereocenters. The lowest BCUT2D eigenvalue weighted by Gasteiger charge is -2.32. The number of carbonyl (C=O) groups excluding carboxylic acids is 2. The molecule has 0 aromatic heterocycles. The number of hydrogen-bond acceptors (Lipinski definition) is 6. The highest BCUT2D eigenvalue weighted by atomic mass is 79.9. The predicted octanol–water partition coefficient (Wildman–Crippen LogP) is 4.16. The Kier molecular flexibility index (Phi) is 7.69. The van der Waals surface area contributed by atoms with Gasteiger partial charge in [-0.2, -0.15) is 0 Å². The summed E-state index contributed by atoms with van der Waals surface area (Å²) in [7, 11) is 1.58. The number of hydrogen-bond donors (Lipinski definition) is 0. The molecular formula is C21H26BrNO5. The molecule has 0 radical (unpaired) electrons. The van der Waals surface area contributed by atoms with E-state index in [1.54, 1.807) is 39.4 Å². The first-order valence-corrected chi connectivity index (χ1v) is 10.0. The van der Waals surface area contributed by atoms with Crippen LogP contribution in [0.15, 0.2) is 46.2 Å². The highest BCUT2D eigenvalue weighted by Gasteiger charge is 2.36. The van der Waals surface area contributed by atoms with Crippen LogP contribution in [0.3, 0.4) is 0 Å². The second-order valence-corrected chi connectivity index (χ2v) is 7.33. The van der Waals surface area contributed by atoms with Crippen molar-refractivity contribution >= 4 is 27.9 Å². The van der Waals surface area contributed by atoms with E-state index in [1.165, 1.54) is 0 Å². The van der Waals surface area contributed by atoms with Gasteiger partial charge < -0.3 is 19.1 Å². The molecule has 0 saturated heterocycles. The van der Waals surface area contributed by atoms with Gasteiger partial charge in [0.2, 0.25) is 0 Å². The van der Waals surface area contributed by atoms with Crippen LogP contribution < -0.4 is 4.74 Å². The van der Waals surface area contributed by atoms with E-state index in [9.17, 15) is 9.59 Å². The van der Waals surface area contributed by atoms with Gasteiger partial charge in [-0.25, -0.2) is 9.59 Å². The Morgan fingerprint density at radius 3 is 2.00 bits per heavy atom. The Balaban J connectivity index is 2.63. The Labute approximate surface area is 174 Å². The third kappa shape index (κ3) is 4.76. The number of esters is 2. The minimum absolute atomic E-state index is 0.0532. The van der Waals surface area contributed by atoms with Gasteiger partial charge in [-0.05, 0) is 61.3 Å². The maximum absolute atomic E-state index is 12.8. The number of methoxy groups -OCH3 is 1. The average Bonchev–Trinajstić information content (AvgIpc) is 2.67. The minimum atomic E-state index is -0.602. The van der Waals surface area contributed by atoms with Gasteiger partial charge in [0, 0.05) is 18.4 Å². The number of ether oxygens (including phenoxy) is 3. The van der Waals surface area contributed by atoms with Crippen LogP contribution in [-0.4, -0.2) is 43.2 Å². The van der Waals surface area contributed by atoms with Gasteiger partial charge >= 0.3 is 11.9 Å². The molecule has 6 nitrogen and oxygen atoms in total. The molecule has 152 valence electrons. The fourth-order valence-corrected chi connectivity index (χ4v) is 3.52. The van der Waals surface area contributed by atoms with E-state index in [1.807, 2.05) is 30.9 Å². The van der Waals surface area contributed by atoms with Crippen LogP contribution in [0.5, 0.6) is 5.75 Å². The third-order valence-electron chi connectivity index (χ3n) is 4.33. The Hall–Kier alpha value is -2.28. The van der Waals surface area contributed by atoms with Crippen molar-refractivity contribution in [2.75, 3.05) is 20.3 Å². The summed E-state index contributed by atoms with van der Waals surface area (Å²) < 4.78 is 16.6. The highest BCUT2D eigenvalue weighted by Crippen LogP contribution is 2.40. The van der Waals surface area contributed by atoms with Crippen molar-refractivity contribution < 1.29 is 23.8 Å². The van der Waals surface area contributed by atoms with Gasteiger partial charge in [0.25, 0.3) is 0 Å². The molecule has 1 aliphatic rings. The van der Waals surface area contributed by atoms with E-state index in [0.717, 1.165) is 10.0 Å². The fraction of sp³-hybridized carbons (Fsp3) is 0.429. The van der Waals surface area contributed by atoms with Gasteiger partial charge in [-0.1, -0.05) is 6.07 Å². The largest absolute Gasteiger partial charge is 0.496 e. The maximum Gasteiger partial charge on any atom is 0.336 e. The predicted molar refractivity (Wildman–Crippen MR) is 110 cm³/mol. The van der Waals surface area contributed by atoms with Crippen LogP contribution in [0, 0.1) is 0 Å². The van der Waals surface area contributed by atoms with Crippen molar-refractivity contribution in [2.45, 2.75) is 39.7 Å². The molecule has 0 saturated carbocycles. The highest BCUT2D eigenvalue weighted by molar-refractivity contribution is 9.10. The number of rotatable bonds is 7. The first-order valence-electron chi connectivity index (χ1n) is 9.22. The summed E-state index contributed by atoms with van der Waals surface area (Å²) in [6.45, 7) is 7.95. The maximum atomic E-state index is 12.8. The van der Waals surface area contributed by atoms with Gasteiger partial charge in [0.05, 0.1) is 41.9 Å². The first-order chi connectivity index (χ1) is 13.3. The van der Waals surface area contributed by atoms with Crippen LogP contribution in [0.2, 0.25) is 0 Å². The zero-order valence-corrected chi connectivity index (χ0v) is 18.4. The van der Waals surface area contributed by atoms with Crippen LogP contribution in [0.25, 0.3) is 0 Å². The van der Waals surface area contributed by atoms with Gasteiger partial charge in [-0.3, -0.25) is 0 Å². The van der Waals surface area contributed by atoms with Gasteiger partial charge in [-0.15, -0.1) is 0 Å². The second kappa shape index (κ2) is 9.78. The van der Waals surface area contributed by atoms with Crippen LogP contribution >= 0.6 is 15.9 Å². The lowest BCUT2D eigenvalue weighted by atomic mass is 9.83. The molecule has 1 aromatic rings. The van der Waals surface area contributed by atoms with E-state index in [4.69, 9.17) is 14.2 Å². The summed E-state index contributed by atoms with van der Waals surface area (Å²) in [5.74, 6) is -0.859. The van der Waals surface area contributed by atoms with Gasteiger partial charge in [0.15, 0.2) is 0 Å². The third-order valence-corrected chi connectivity index (χ3v) is 4.95. The summed E-state index contributed by atoms with van der Waals surface area (Å²) >= 11 is 3.48. The molecular weight excluding hydrogens is 426 g/mol. The topological polar surface area (TPSA) is 65.1 Å². The number of carbonyl (C=O) groups is 2. The fourth-order valence-electron chi connectivity index (χ4n) is 2.96. The van der Waals surface area contributed by atoms with Crippen molar-refractivity contribution in [1.29, 1.82) is 0 Å². The Morgan fingerprint density at radius 1 is 1.07 bits per heavy atom. The van der Waals surface area contributed by atoms with Crippen molar-refractivity contribution in [3.05, 3.63) is 51.8 Å². The zero-order valence-electron chi connectivity index (χ0n) is 16.8. The number of halogens is 1. The standard InChI is InChI=1S/C21H26BrNO5/c1-6-27-20(24)15-11-23(13(3)4)12-16(21(25)28-7-2)19(15)14-8-9-18(26-5)17(22)10-14/h8-13,19H,6-7H2,1-5H3. The number of benzene rings is 1. The molecule has 1 aliphatic heterocycles. The molecule has 1 aromatic carbocycles. The molecule has 0 unspecified atom stereocenters. The van der Waals surface area contributed by atoms with E-state index in [2.05, 4.69) is 15.9 Å². The summed E-state index contributed by atoms with van der Waals surface area (Å²) in [6, 6.07) is 5.52. The Morgan fingerprint density at radius 2 is 1.61 bits per heavy atom. The molecule has 0 amide bonds. The molecule has 28 heavy (non-hydrogen) atoms. The summed E-state index contributed by atoms with van der Waals surface area (Å²) in [6.07, 6.45) is 3.49. The van der Waals surface area contributed by atoms with Crippen molar-refractivity contribution in [2.24, 2.45) is 0 Å². The lowest BCUT2D eigenvalue weighted by Crippen LogP contribution is -2.32. The monoisotopic (exact) mass is 451 g/mol. The molecule has 2 rings (SSSR count). The normalized spacial score (nSPS) is 14.5. The Bertz CT molecular complexity index is 764. The van der Waals surface area contributed by atoms with Crippen molar-refractivity contribution in [1.82, 2.24) is 4.90 Å². The van der Waals surface area contributed by atoms with Gasteiger partial charge in [0.1, 0.15) is 5.75 Å². The average molecular weight is 452 g/mol. The summed E-state index contributed by atoms with van der Waals surface area (Å²) in [5.41, 5.74) is 1.53. The van der Waals surface area contributed by atoms with E-state index in [0.29, 0.717) is 16.9 Å². The van der Waals surface area contributed by atoms with Crippen molar-refractivity contribution in [3.63, 3.8) is 0 Å².